The summed E-state index contributed by atoms with van der Waals surface area (Å²) >= 11 is 0. The number of hydrogen-bond donors (Lipinski definition) is 1. The molecule has 5 nitrogen and oxygen atoms in total. The highest BCUT2D eigenvalue weighted by Gasteiger charge is 2.54. The Kier molecular flexibility index (Phi) is 2.42. The van der Waals surface area contributed by atoms with Crippen LogP contribution in [0.5, 0.6) is 0 Å². The molecule has 2 aliphatic heterocycles. The molecule has 1 N–H and O–H groups in total. The molecule has 2 rings (SSSR count). The van der Waals surface area contributed by atoms with Gasteiger partial charge in [0.25, 0.3) is 0 Å². The molecule has 0 aromatic carbocycles. The fourth-order valence-corrected chi connectivity index (χ4v) is 2.54. The van der Waals surface area contributed by atoms with Gasteiger partial charge >= 0.3 is 5.97 Å². The second-order valence-electron chi connectivity index (χ2n) is 4.38. The summed E-state index contributed by atoms with van der Waals surface area (Å²) in [7, 11) is 0. The molecule has 0 aliphatic carbocycles. The number of amides is 1. The number of aliphatic carboxylic acids is 1. The molecule has 0 aromatic heterocycles. The van der Waals surface area contributed by atoms with Crippen LogP contribution < -0.4 is 0 Å². The molecule has 2 aliphatic rings. The highest BCUT2D eigenvalue weighted by molar-refractivity contribution is 5.80. The van der Waals surface area contributed by atoms with Crippen LogP contribution in [0.25, 0.3) is 0 Å². The van der Waals surface area contributed by atoms with Crippen molar-refractivity contribution in [2.45, 2.75) is 13.3 Å². The molecule has 2 fully saturated rings. The van der Waals surface area contributed by atoms with Crippen molar-refractivity contribution in [1.82, 2.24) is 4.90 Å². The summed E-state index contributed by atoms with van der Waals surface area (Å²) < 4.78 is 5.29. The van der Waals surface area contributed by atoms with Gasteiger partial charge in [0, 0.05) is 32.5 Å². The fraction of sp³-hybridized carbons (Fsp3) is 0.800. The maximum Gasteiger partial charge on any atom is 0.311 e. The standard InChI is InChI=1S/C10H15NO4/c1-7(12)11-4-8-5-15-3-2-10(8,6-11)9(13)14/h8H,2-6H2,1H3,(H,13,14). The minimum Gasteiger partial charge on any atom is -0.481 e. The van der Waals surface area contributed by atoms with E-state index < -0.39 is 11.4 Å². The number of carbonyl (C=O) groups is 2. The van der Waals surface area contributed by atoms with E-state index in [9.17, 15) is 14.7 Å². The number of fused-ring (bicyclic) bond motifs is 1. The van der Waals surface area contributed by atoms with Gasteiger partial charge in [0.15, 0.2) is 0 Å². The summed E-state index contributed by atoms with van der Waals surface area (Å²) in [6.07, 6.45) is 0.511. The predicted octanol–water partition coefficient (Wildman–Crippen LogP) is -0.0440. The van der Waals surface area contributed by atoms with Crippen molar-refractivity contribution in [2.75, 3.05) is 26.3 Å². The van der Waals surface area contributed by atoms with Gasteiger partial charge < -0.3 is 14.7 Å². The van der Waals surface area contributed by atoms with Crippen molar-refractivity contribution in [3.63, 3.8) is 0 Å². The van der Waals surface area contributed by atoms with Crippen molar-refractivity contribution in [2.24, 2.45) is 11.3 Å². The topological polar surface area (TPSA) is 66.8 Å². The Bertz CT molecular complexity index is 304. The maximum absolute atomic E-state index is 11.3. The van der Waals surface area contributed by atoms with Gasteiger partial charge in [-0.15, -0.1) is 0 Å². The van der Waals surface area contributed by atoms with Crippen LogP contribution in [0.2, 0.25) is 0 Å². The van der Waals surface area contributed by atoms with E-state index in [2.05, 4.69) is 0 Å². The average Bonchev–Trinajstić information content (AvgIpc) is 2.58. The van der Waals surface area contributed by atoms with Gasteiger partial charge in [0.05, 0.1) is 12.0 Å². The van der Waals surface area contributed by atoms with Crippen LogP contribution in [0, 0.1) is 11.3 Å². The lowest BCUT2D eigenvalue weighted by Gasteiger charge is -2.33. The van der Waals surface area contributed by atoms with Crippen molar-refractivity contribution in [3.8, 4) is 0 Å². The van der Waals surface area contributed by atoms with Crippen LogP contribution >= 0.6 is 0 Å². The third-order valence-corrected chi connectivity index (χ3v) is 3.58. The predicted molar refractivity (Wildman–Crippen MR) is 51.2 cm³/mol. The monoisotopic (exact) mass is 213 g/mol. The molecule has 15 heavy (non-hydrogen) atoms. The largest absolute Gasteiger partial charge is 0.481 e. The Balaban J connectivity index is 2.24. The third kappa shape index (κ3) is 1.51. The molecule has 0 spiro atoms. The number of rotatable bonds is 1. The zero-order valence-corrected chi connectivity index (χ0v) is 8.73. The van der Waals surface area contributed by atoms with E-state index in [-0.39, 0.29) is 11.8 Å². The van der Waals surface area contributed by atoms with Gasteiger partial charge in [-0.25, -0.2) is 0 Å². The molecule has 2 unspecified atom stereocenters. The Labute approximate surface area is 88.0 Å². The van der Waals surface area contributed by atoms with Gasteiger partial charge in [-0.2, -0.15) is 0 Å². The van der Waals surface area contributed by atoms with E-state index in [0.29, 0.717) is 32.7 Å². The first-order valence-electron chi connectivity index (χ1n) is 5.13. The normalized spacial score (nSPS) is 35.0. The summed E-state index contributed by atoms with van der Waals surface area (Å²) in [4.78, 5) is 24.2. The summed E-state index contributed by atoms with van der Waals surface area (Å²) in [5.74, 6) is -0.891. The average molecular weight is 213 g/mol. The molecule has 84 valence electrons. The molecule has 5 heteroatoms. The molecule has 0 aromatic rings. The summed E-state index contributed by atoms with van der Waals surface area (Å²) in [6, 6.07) is 0. The molecule has 2 heterocycles. The van der Waals surface area contributed by atoms with Gasteiger partial charge in [-0.3, -0.25) is 9.59 Å². The summed E-state index contributed by atoms with van der Waals surface area (Å²) in [5, 5.41) is 9.31. The number of hydrogen-bond acceptors (Lipinski definition) is 3. The van der Waals surface area contributed by atoms with Crippen molar-refractivity contribution in [1.29, 1.82) is 0 Å². The first-order chi connectivity index (χ1) is 7.06. The molecule has 0 bridgehead atoms. The van der Waals surface area contributed by atoms with Crippen LogP contribution in [-0.2, 0) is 14.3 Å². The fourth-order valence-electron chi connectivity index (χ4n) is 2.54. The maximum atomic E-state index is 11.3. The molecule has 1 amide bonds. The van der Waals surface area contributed by atoms with Crippen LogP contribution in [-0.4, -0.2) is 48.2 Å². The molecular formula is C10H15NO4. The van der Waals surface area contributed by atoms with Crippen molar-refractivity contribution in [3.05, 3.63) is 0 Å². The zero-order chi connectivity index (χ0) is 11.1. The summed E-state index contributed by atoms with van der Waals surface area (Å²) in [5.41, 5.74) is -0.760. The van der Waals surface area contributed by atoms with E-state index in [1.54, 1.807) is 4.90 Å². The Morgan fingerprint density at radius 2 is 2.27 bits per heavy atom. The second-order valence-corrected chi connectivity index (χ2v) is 4.38. The van der Waals surface area contributed by atoms with Gasteiger partial charge in [0.2, 0.25) is 5.91 Å². The smallest absolute Gasteiger partial charge is 0.311 e. The van der Waals surface area contributed by atoms with E-state index in [0.717, 1.165) is 0 Å². The third-order valence-electron chi connectivity index (χ3n) is 3.58. The molecule has 0 saturated carbocycles. The number of likely N-dealkylation sites (tertiary alicyclic amines) is 1. The van der Waals surface area contributed by atoms with Gasteiger partial charge in [-0.1, -0.05) is 0 Å². The highest BCUT2D eigenvalue weighted by atomic mass is 16.5. The molecule has 2 saturated heterocycles. The first-order valence-corrected chi connectivity index (χ1v) is 5.13. The number of carboxylic acids is 1. The number of ether oxygens (including phenoxy) is 1. The van der Waals surface area contributed by atoms with E-state index in [1.165, 1.54) is 6.92 Å². The first kappa shape index (κ1) is 10.4. The van der Waals surface area contributed by atoms with Gasteiger partial charge in [-0.05, 0) is 6.42 Å². The van der Waals surface area contributed by atoms with E-state index in [4.69, 9.17) is 4.74 Å². The number of carbonyl (C=O) groups excluding carboxylic acids is 1. The number of carboxylic acid groups (broad SMARTS) is 1. The van der Waals surface area contributed by atoms with Crippen molar-refractivity contribution >= 4 is 11.9 Å². The number of nitrogens with zero attached hydrogens (tertiary/aromatic N) is 1. The SMILES string of the molecule is CC(=O)N1CC2COCCC2(C(=O)O)C1. The van der Waals surface area contributed by atoms with Crippen LogP contribution in [0.15, 0.2) is 0 Å². The Morgan fingerprint density at radius 1 is 1.53 bits per heavy atom. The lowest BCUT2D eigenvalue weighted by molar-refractivity contribution is -0.157. The molecule has 2 atom stereocenters. The van der Waals surface area contributed by atoms with Crippen LogP contribution in [0.4, 0.5) is 0 Å². The van der Waals surface area contributed by atoms with Crippen molar-refractivity contribution < 1.29 is 19.4 Å². The lowest BCUT2D eigenvalue weighted by Crippen LogP contribution is -2.45. The zero-order valence-electron chi connectivity index (χ0n) is 8.73. The minimum atomic E-state index is -0.792. The molecular weight excluding hydrogens is 198 g/mol. The quantitative estimate of drug-likeness (QED) is 0.663. The Hall–Kier alpha value is -1.10. The minimum absolute atomic E-state index is 0.0485. The van der Waals surface area contributed by atoms with Crippen LogP contribution in [0.3, 0.4) is 0 Å². The highest BCUT2D eigenvalue weighted by Crippen LogP contribution is 2.42. The van der Waals surface area contributed by atoms with Crippen LogP contribution in [0.1, 0.15) is 13.3 Å². The van der Waals surface area contributed by atoms with Gasteiger partial charge in [0.1, 0.15) is 0 Å². The summed E-state index contributed by atoms with van der Waals surface area (Å²) in [6.45, 7) is 3.27. The second kappa shape index (κ2) is 3.48. The lowest BCUT2D eigenvalue weighted by atomic mass is 9.74. The van der Waals surface area contributed by atoms with E-state index in [1.807, 2.05) is 0 Å². The Morgan fingerprint density at radius 3 is 2.80 bits per heavy atom. The molecule has 0 radical (unpaired) electrons. The van der Waals surface area contributed by atoms with E-state index >= 15 is 0 Å².